The van der Waals surface area contributed by atoms with Crippen LogP contribution in [0.25, 0.3) is 10.9 Å². The van der Waals surface area contributed by atoms with Gasteiger partial charge in [0.1, 0.15) is 5.82 Å². The van der Waals surface area contributed by atoms with Crippen molar-refractivity contribution < 1.29 is 9.18 Å². The summed E-state index contributed by atoms with van der Waals surface area (Å²) in [6, 6.07) is 12.1. The van der Waals surface area contributed by atoms with Crippen LogP contribution in [-0.4, -0.2) is 17.9 Å². The van der Waals surface area contributed by atoms with E-state index in [0.717, 1.165) is 20.7 Å². The van der Waals surface area contributed by atoms with Gasteiger partial charge in [-0.05, 0) is 30.3 Å². The first-order chi connectivity index (χ1) is 10.2. The van der Waals surface area contributed by atoms with Gasteiger partial charge in [-0.15, -0.1) is 0 Å². The molecule has 0 unspecified atom stereocenters. The van der Waals surface area contributed by atoms with Crippen LogP contribution in [0, 0.1) is 5.82 Å². The second-order valence-electron chi connectivity index (χ2n) is 4.52. The zero-order valence-corrected chi connectivity index (χ0v) is 12.1. The monoisotopic (exact) mass is 300 g/mol. The number of aromatic amines is 1. The molecule has 21 heavy (non-hydrogen) atoms. The van der Waals surface area contributed by atoms with E-state index in [9.17, 15) is 9.18 Å². The Morgan fingerprint density at radius 3 is 2.81 bits per heavy atom. The van der Waals surface area contributed by atoms with Crippen molar-refractivity contribution >= 4 is 28.6 Å². The van der Waals surface area contributed by atoms with E-state index >= 15 is 0 Å². The Labute approximate surface area is 125 Å². The van der Waals surface area contributed by atoms with Gasteiger partial charge < -0.3 is 10.3 Å². The van der Waals surface area contributed by atoms with Crippen LogP contribution in [0.15, 0.2) is 58.5 Å². The summed E-state index contributed by atoms with van der Waals surface area (Å²) in [5.74, 6) is -0.393. The highest BCUT2D eigenvalue weighted by Crippen LogP contribution is 2.35. The highest BCUT2D eigenvalue weighted by Gasteiger charge is 2.12. The zero-order chi connectivity index (χ0) is 14.8. The first-order valence-electron chi connectivity index (χ1n) is 6.44. The minimum Gasteiger partial charge on any atom is -0.360 e. The second-order valence-corrected chi connectivity index (χ2v) is 5.60. The maximum absolute atomic E-state index is 13.2. The molecule has 1 aromatic heterocycles. The lowest BCUT2D eigenvalue weighted by Crippen LogP contribution is -2.18. The van der Waals surface area contributed by atoms with Gasteiger partial charge in [-0.1, -0.05) is 23.9 Å². The Morgan fingerprint density at radius 1 is 1.19 bits per heavy atom. The van der Waals surface area contributed by atoms with E-state index in [0.29, 0.717) is 5.56 Å². The average Bonchev–Trinajstić information content (AvgIpc) is 2.89. The zero-order valence-electron chi connectivity index (χ0n) is 11.3. The number of H-pyrrole nitrogens is 1. The molecule has 2 N–H and O–H groups in total. The Morgan fingerprint density at radius 2 is 2.00 bits per heavy atom. The molecule has 0 aliphatic rings. The van der Waals surface area contributed by atoms with Crippen molar-refractivity contribution in [3.63, 3.8) is 0 Å². The molecule has 0 saturated carbocycles. The van der Waals surface area contributed by atoms with Gasteiger partial charge in [0.05, 0.1) is 5.56 Å². The molecule has 1 amide bonds. The fourth-order valence-corrected chi connectivity index (χ4v) is 3.21. The summed E-state index contributed by atoms with van der Waals surface area (Å²) in [7, 11) is 1.61. The molecule has 0 spiro atoms. The number of fused-ring (bicyclic) bond motifs is 1. The molecule has 0 aliphatic heterocycles. The van der Waals surface area contributed by atoms with Crippen molar-refractivity contribution in [1.82, 2.24) is 10.3 Å². The van der Waals surface area contributed by atoms with Crippen LogP contribution in [-0.2, 0) is 0 Å². The highest BCUT2D eigenvalue weighted by atomic mass is 32.2. The molecule has 2 aromatic carbocycles. The topological polar surface area (TPSA) is 44.9 Å². The molecular formula is C16H13FN2OS. The number of hydrogen-bond acceptors (Lipinski definition) is 2. The molecule has 3 nitrogen and oxygen atoms in total. The van der Waals surface area contributed by atoms with E-state index in [1.165, 1.54) is 23.9 Å². The minimum absolute atomic E-state index is 0.121. The normalized spacial score (nSPS) is 10.8. The van der Waals surface area contributed by atoms with E-state index < -0.39 is 0 Å². The average molecular weight is 300 g/mol. The van der Waals surface area contributed by atoms with Gasteiger partial charge in [0.2, 0.25) is 0 Å². The standard InChI is InChI=1S/C16H13FN2OS/c1-18-16(20)12-4-2-3-5-14(12)21-15-9-19-13-8-10(17)6-7-11(13)15/h2-9,19H,1H3,(H,18,20). The third-order valence-electron chi connectivity index (χ3n) is 3.18. The quantitative estimate of drug-likeness (QED) is 0.772. The Bertz CT molecular complexity index is 813. The lowest BCUT2D eigenvalue weighted by molar-refractivity contribution is 0.0960. The van der Waals surface area contributed by atoms with Gasteiger partial charge in [-0.3, -0.25) is 4.79 Å². The van der Waals surface area contributed by atoms with Crippen LogP contribution in [0.2, 0.25) is 0 Å². The SMILES string of the molecule is CNC(=O)c1ccccc1Sc1c[nH]c2cc(F)ccc12. The van der Waals surface area contributed by atoms with E-state index in [2.05, 4.69) is 10.3 Å². The van der Waals surface area contributed by atoms with Gasteiger partial charge in [0, 0.05) is 33.9 Å². The van der Waals surface area contributed by atoms with E-state index in [4.69, 9.17) is 0 Å². The number of hydrogen-bond donors (Lipinski definition) is 2. The molecule has 5 heteroatoms. The summed E-state index contributed by atoms with van der Waals surface area (Å²) in [6.07, 6.45) is 1.83. The third kappa shape index (κ3) is 2.64. The van der Waals surface area contributed by atoms with Gasteiger partial charge in [0.25, 0.3) is 5.91 Å². The summed E-state index contributed by atoms with van der Waals surface area (Å²) in [5.41, 5.74) is 1.37. The molecule has 1 heterocycles. The molecule has 106 valence electrons. The third-order valence-corrected chi connectivity index (χ3v) is 4.32. The van der Waals surface area contributed by atoms with Crippen LogP contribution >= 0.6 is 11.8 Å². The Hall–Kier alpha value is -2.27. The lowest BCUT2D eigenvalue weighted by Gasteiger charge is -2.07. The molecule has 0 bridgehead atoms. The molecular weight excluding hydrogens is 287 g/mol. The molecule has 0 atom stereocenters. The van der Waals surface area contributed by atoms with Gasteiger partial charge in [0.15, 0.2) is 0 Å². The first kappa shape index (κ1) is 13.7. The molecule has 0 aliphatic carbocycles. The first-order valence-corrected chi connectivity index (χ1v) is 7.26. The van der Waals surface area contributed by atoms with Gasteiger partial charge in [-0.25, -0.2) is 4.39 Å². The molecule has 3 rings (SSSR count). The van der Waals surface area contributed by atoms with Crippen molar-refractivity contribution in [2.75, 3.05) is 7.05 Å². The highest BCUT2D eigenvalue weighted by molar-refractivity contribution is 7.99. The van der Waals surface area contributed by atoms with Crippen molar-refractivity contribution in [2.45, 2.75) is 9.79 Å². The number of amides is 1. The van der Waals surface area contributed by atoms with Crippen LogP contribution in [0.3, 0.4) is 0 Å². The largest absolute Gasteiger partial charge is 0.360 e. The predicted octanol–water partition coefficient (Wildman–Crippen LogP) is 3.82. The predicted molar refractivity (Wildman–Crippen MR) is 82.2 cm³/mol. The van der Waals surface area contributed by atoms with Crippen molar-refractivity contribution in [1.29, 1.82) is 0 Å². The van der Waals surface area contributed by atoms with E-state index in [-0.39, 0.29) is 11.7 Å². The number of nitrogens with one attached hydrogen (secondary N) is 2. The minimum atomic E-state index is -0.272. The van der Waals surface area contributed by atoms with E-state index in [1.807, 2.05) is 24.4 Å². The number of benzene rings is 2. The summed E-state index contributed by atoms with van der Waals surface area (Å²) in [4.78, 5) is 16.8. The number of halogens is 1. The second kappa shape index (κ2) is 5.61. The summed E-state index contributed by atoms with van der Waals surface area (Å²) >= 11 is 1.49. The Kier molecular flexibility index (Phi) is 3.66. The summed E-state index contributed by atoms with van der Waals surface area (Å²) in [6.45, 7) is 0. The Balaban J connectivity index is 2.01. The number of aromatic nitrogens is 1. The van der Waals surface area contributed by atoms with Crippen LogP contribution < -0.4 is 5.32 Å². The van der Waals surface area contributed by atoms with Crippen molar-refractivity contribution in [3.8, 4) is 0 Å². The molecule has 0 saturated heterocycles. The maximum Gasteiger partial charge on any atom is 0.252 e. The van der Waals surface area contributed by atoms with E-state index in [1.54, 1.807) is 19.2 Å². The van der Waals surface area contributed by atoms with Crippen molar-refractivity contribution in [3.05, 3.63) is 60.0 Å². The van der Waals surface area contributed by atoms with Crippen LogP contribution in [0.5, 0.6) is 0 Å². The van der Waals surface area contributed by atoms with Crippen molar-refractivity contribution in [2.24, 2.45) is 0 Å². The molecule has 3 aromatic rings. The molecule has 0 fully saturated rings. The number of rotatable bonds is 3. The van der Waals surface area contributed by atoms with Gasteiger partial charge in [-0.2, -0.15) is 0 Å². The smallest absolute Gasteiger partial charge is 0.252 e. The maximum atomic E-state index is 13.2. The van der Waals surface area contributed by atoms with Crippen LogP contribution in [0.4, 0.5) is 4.39 Å². The molecule has 0 radical (unpaired) electrons. The summed E-state index contributed by atoms with van der Waals surface area (Å²) < 4.78 is 13.2. The van der Waals surface area contributed by atoms with Crippen LogP contribution in [0.1, 0.15) is 10.4 Å². The number of carbonyl (C=O) groups is 1. The lowest BCUT2D eigenvalue weighted by atomic mass is 10.2. The van der Waals surface area contributed by atoms with Gasteiger partial charge >= 0.3 is 0 Å². The fraction of sp³-hybridized carbons (Fsp3) is 0.0625. The summed E-state index contributed by atoms with van der Waals surface area (Å²) in [5, 5.41) is 3.57. The number of carbonyl (C=O) groups excluding carboxylic acids is 1. The fourth-order valence-electron chi connectivity index (χ4n) is 2.15.